The number of aromatic nitrogens is 2. The number of likely N-dealkylation sites (tertiary alicyclic amines) is 1. The van der Waals surface area contributed by atoms with Gasteiger partial charge in [0, 0.05) is 37.1 Å². The lowest BCUT2D eigenvalue weighted by atomic mass is 10.1. The molecule has 5 nitrogen and oxygen atoms in total. The van der Waals surface area contributed by atoms with E-state index < -0.39 is 0 Å². The summed E-state index contributed by atoms with van der Waals surface area (Å²) in [6.07, 6.45) is 1.58. The topological polar surface area (TPSA) is 55.2 Å². The molecule has 0 N–H and O–H groups in total. The zero-order valence-electron chi connectivity index (χ0n) is 14.4. The van der Waals surface area contributed by atoms with Crippen LogP contribution in [-0.2, 0) is 18.4 Å². The summed E-state index contributed by atoms with van der Waals surface area (Å²) in [5.41, 5.74) is 2.40. The number of benzene rings is 2. The molecule has 0 aliphatic carbocycles. The van der Waals surface area contributed by atoms with Gasteiger partial charge in [-0.3, -0.25) is 14.2 Å². The van der Waals surface area contributed by atoms with Gasteiger partial charge in [0.2, 0.25) is 5.91 Å². The molecule has 0 spiro atoms. The third-order valence-electron chi connectivity index (χ3n) is 4.80. The fourth-order valence-corrected chi connectivity index (χ4v) is 3.52. The minimum atomic E-state index is -0.103. The Balaban J connectivity index is 1.70. The predicted molar refractivity (Wildman–Crippen MR) is 102 cm³/mol. The Kier molecular flexibility index (Phi) is 4.24. The first kappa shape index (κ1) is 16.8. The number of hydrogen-bond donors (Lipinski definition) is 0. The summed E-state index contributed by atoms with van der Waals surface area (Å²) < 4.78 is 1.55. The molecule has 0 saturated carbocycles. The van der Waals surface area contributed by atoms with Crippen molar-refractivity contribution >= 4 is 28.4 Å². The first-order valence-electron chi connectivity index (χ1n) is 8.56. The van der Waals surface area contributed by atoms with Crippen LogP contribution in [0.2, 0.25) is 5.02 Å². The summed E-state index contributed by atoms with van der Waals surface area (Å²) >= 11 is 6.04. The van der Waals surface area contributed by atoms with Crippen LogP contribution < -0.4 is 5.56 Å². The predicted octanol–water partition coefficient (Wildman–Crippen LogP) is 3.38. The molecular formula is C20H18ClN3O2. The Hall–Kier alpha value is -2.66. The number of hydrogen-bond acceptors (Lipinski definition) is 3. The van der Waals surface area contributed by atoms with E-state index in [1.54, 1.807) is 29.8 Å². The normalized spacial score (nSPS) is 14.4. The maximum Gasteiger partial charge on any atom is 0.261 e. The van der Waals surface area contributed by atoms with Crippen LogP contribution in [0.1, 0.15) is 18.4 Å². The highest BCUT2D eigenvalue weighted by atomic mass is 35.5. The van der Waals surface area contributed by atoms with Gasteiger partial charge in [-0.15, -0.1) is 0 Å². The highest BCUT2D eigenvalue weighted by Gasteiger charge is 2.20. The third kappa shape index (κ3) is 2.99. The van der Waals surface area contributed by atoms with Crippen LogP contribution in [0.25, 0.3) is 22.3 Å². The second kappa shape index (κ2) is 6.57. The van der Waals surface area contributed by atoms with Crippen LogP contribution >= 0.6 is 11.6 Å². The Morgan fingerprint density at radius 2 is 1.88 bits per heavy atom. The standard InChI is InChI=1S/C20H18ClN3O2/c1-23-19(22-17-11-15(21)8-9-16(17)20(23)26)14-6-4-13(5-7-14)12-24-10-2-3-18(24)25/h4-9,11H,2-3,10,12H2,1H3. The second-order valence-electron chi connectivity index (χ2n) is 6.58. The van der Waals surface area contributed by atoms with Gasteiger partial charge in [-0.1, -0.05) is 35.9 Å². The average molecular weight is 368 g/mol. The van der Waals surface area contributed by atoms with Gasteiger partial charge in [-0.2, -0.15) is 0 Å². The number of rotatable bonds is 3. The van der Waals surface area contributed by atoms with E-state index in [2.05, 4.69) is 4.98 Å². The molecule has 0 radical (unpaired) electrons. The van der Waals surface area contributed by atoms with Crippen LogP contribution in [0, 0.1) is 0 Å². The van der Waals surface area contributed by atoms with E-state index in [1.165, 1.54) is 0 Å². The van der Waals surface area contributed by atoms with Gasteiger partial charge in [0.1, 0.15) is 5.82 Å². The van der Waals surface area contributed by atoms with Crippen molar-refractivity contribution in [2.75, 3.05) is 6.54 Å². The summed E-state index contributed by atoms with van der Waals surface area (Å²) in [6.45, 7) is 1.45. The molecule has 2 aromatic carbocycles. The lowest BCUT2D eigenvalue weighted by Gasteiger charge is -2.16. The largest absolute Gasteiger partial charge is 0.338 e. The van der Waals surface area contributed by atoms with Crippen molar-refractivity contribution in [3.63, 3.8) is 0 Å². The molecule has 3 aromatic rings. The summed E-state index contributed by atoms with van der Waals surface area (Å²) in [7, 11) is 1.72. The molecule has 6 heteroatoms. The van der Waals surface area contributed by atoms with Gasteiger partial charge in [0.25, 0.3) is 5.56 Å². The van der Waals surface area contributed by atoms with E-state index in [0.29, 0.717) is 34.7 Å². The molecule has 1 aliphatic heterocycles. The van der Waals surface area contributed by atoms with E-state index in [1.807, 2.05) is 29.2 Å². The van der Waals surface area contributed by atoms with Crippen LogP contribution in [0.3, 0.4) is 0 Å². The third-order valence-corrected chi connectivity index (χ3v) is 5.03. The zero-order valence-corrected chi connectivity index (χ0v) is 15.2. The molecule has 1 aliphatic rings. The Labute approximate surface area is 155 Å². The number of carbonyl (C=O) groups excluding carboxylic acids is 1. The maximum absolute atomic E-state index is 12.6. The SMILES string of the molecule is Cn1c(-c2ccc(CN3CCCC3=O)cc2)nc2cc(Cl)ccc2c1=O. The minimum absolute atomic E-state index is 0.103. The first-order valence-corrected chi connectivity index (χ1v) is 8.94. The quantitative estimate of drug-likeness (QED) is 0.713. The van der Waals surface area contributed by atoms with Crippen LogP contribution in [0.15, 0.2) is 47.3 Å². The first-order chi connectivity index (χ1) is 12.5. The molecule has 132 valence electrons. The number of amides is 1. The molecule has 2 heterocycles. The molecule has 0 bridgehead atoms. The molecular weight excluding hydrogens is 350 g/mol. The lowest BCUT2D eigenvalue weighted by molar-refractivity contribution is -0.128. The average Bonchev–Trinajstić information content (AvgIpc) is 3.03. The van der Waals surface area contributed by atoms with Crippen LogP contribution in [0.5, 0.6) is 0 Å². The van der Waals surface area contributed by atoms with Crippen molar-refractivity contribution in [3.05, 3.63) is 63.4 Å². The molecule has 4 rings (SSSR count). The molecule has 0 unspecified atom stereocenters. The van der Waals surface area contributed by atoms with Crippen LogP contribution in [-0.4, -0.2) is 26.9 Å². The van der Waals surface area contributed by atoms with Gasteiger partial charge >= 0.3 is 0 Å². The summed E-state index contributed by atoms with van der Waals surface area (Å²) in [5.74, 6) is 0.804. The highest BCUT2D eigenvalue weighted by Crippen LogP contribution is 2.22. The van der Waals surface area contributed by atoms with Crippen molar-refractivity contribution in [1.82, 2.24) is 14.5 Å². The minimum Gasteiger partial charge on any atom is -0.338 e. The monoisotopic (exact) mass is 367 g/mol. The van der Waals surface area contributed by atoms with E-state index in [-0.39, 0.29) is 11.5 Å². The Bertz CT molecular complexity index is 1060. The van der Waals surface area contributed by atoms with E-state index in [9.17, 15) is 9.59 Å². The Morgan fingerprint density at radius 1 is 1.12 bits per heavy atom. The summed E-state index contributed by atoms with van der Waals surface area (Å²) in [5, 5.41) is 1.10. The molecule has 1 aromatic heterocycles. The van der Waals surface area contributed by atoms with Gasteiger partial charge in [0.05, 0.1) is 10.9 Å². The van der Waals surface area contributed by atoms with Crippen molar-refractivity contribution in [2.24, 2.45) is 7.05 Å². The highest BCUT2D eigenvalue weighted by molar-refractivity contribution is 6.31. The molecule has 1 fully saturated rings. The van der Waals surface area contributed by atoms with Gasteiger partial charge < -0.3 is 4.90 Å². The number of carbonyl (C=O) groups is 1. The number of fused-ring (bicyclic) bond motifs is 1. The van der Waals surface area contributed by atoms with E-state index in [4.69, 9.17) is 11.6 Å². The molecule has 0 atom stereocenters. The smallest absolute Gasteiger partial charge is 0.261 e. The fourth-order valence-electron chi connectivity index (χ4n) is 3.35. The van der Waals surface area contributed by atoms with E-state index in [0.717, 1.165) is 24.1 Å². The molecule has 1 saturated heterocycles. The molecule has 1 amide bonds. The summed E-state index contributed by atoms with van der Waals surface area (Å²) in [4.78, 5) is 30.9. The zero-order chi connectivity index (χ0) is 18.3. The maximum atomic E-state index is 12.6. The number of nitrogens with zero attached hydrogens (tertiary/aromatic N) is 3. The van der Waals surface area contributed by atoms with Crippen molar-refractivity contribution in [2.45, 2.75) is 19.4 Å². The van der Waals surface area contributed by atoms with Gasteiger partial charge in [0.15, 0.2) is 0 Å². The number of halogens is 1. The summed E-state index contributed by atoms with van der Waals surface area (Å²) in [6, 6.07) is 12.9. The van der Waals surface area contributed by atoms with Crippen molar-refractivity contribution < 1.29 is 4.79 Å². The van der Waals surface area contributed by atoms with Gasteiger partial charge in [-0.25, -0.2) is 4.98 Å². The molecule has 26 heavy (non-hydrogen) atoms. The fraction of sp³-hybridized carbons (Fsp3) is 0.250. The lowest BCUT2D eigenvalue weighted by Crippen LogP contribution is -2.23. The Morgan fingerprint density at radius 3 is 2.58 bits per heavy atom. The van der Waals surface area contributed by atoms with E-state index >= 15 is 0 Å². The van der Waals surface area contributed by atoms with Gasteiger partial charge in [-0.05, 0) is 30.2 Å². The second-order valence-corrected chi connectivity index (χ2v) is 7.01. The van der Waals surface area contributed by atoms with Crippen molar-refractivity contribution in [1.29, 1.82) is 0 Å². The van der Waals surface area contributed by atoms with Crippen molar-refractivity contribution in [3.8, 4) is 11.4 Å². The van der Waals surface area contributed by atoms with Crippen LogP contribution in [0.4, 0.5) is 0 Å².